The second-order valence-electron chi connectivity index (χ2n) is 8.98. The largest absolute Gasteiger partial charge is 0.444 e. The van der Waals surface area contributed by atoms with E-state index in [4.69, 9.17) is 16.3 Å². The number of aliphatic hydroxyl groups is 1. The summed E-state index contributed by atoms with van der Waals surface area (Å²) < 4.78 is 7.06. The van der Waals surface area contributed by atoms with Gasteiger partial charge < -0.3 is 19.3 Å². The first-order valence-electron chi connectivity index (χ1n) is 9.60. The number of hydrogen-bond donors (Lipinski definition) is 1. The summed E-state index contributed by atoms with van der Waals surface area (Å²) in [6, 6.07) is 3.02. The summed E-state index contributed by atoms with van der Waals surface area (Å²) in [5.74, 6) is 0. The van der Waals surface area contributed by atoms with Crippen molar-refractivity contribution in [3.8, 4) is 0 Å². The van der Waals surface area contributed by atoms with Crippen LogP contribution in [0.25, 0.3) is 0 Å². The summed E-state index contributed by atoms with van der Waals surface area (Å²) >= 11 is 5.89. The highest BCUT2D eigenvalue weighted by Gasteiger charge is 2.56. The van der Waals surface area contributed by atoms with Gasteiger partial charge in [0, 0.05) is 35.8 Å². The molecule has 0 bridgehead atoms. The van der Waals surface area contributed by atoms with Gasteiger partial charge in [-0.05, 0) is 46.1 Å². The van der Waals surface area contributed by atoms with E-state index in [-0.39, 0.29) is 18.2 Å². The van der Waals surface area contributed by atoms with Crippen molar-refractivity contribution in [2.24, 2.45) is 5.41 Å². The summed E-state index contributed by atoms with van der Waals surface area (Å²) in [6.07, 6.45) is 5.42. The van der Waals surface area contributed by atoms with Crippen LogP contribution in [0.4, 0.5) is 4.79 Å². The molecular weight excluding hydrogens is 368 g/mol. The van der Waals surface area contributed by atoms with Gasteiger partial charge in [0.25, 0.3) is 5.56 Å². The lowest BCUT2D eigenvalue weighted by molar-refractivity contribution is -0.140. The van der Waals surface area contributed by atoms with Gasteiger partial charge in [0.2, 0.25) is 0 Å². The summed E-state index contributed by atoms with van der Waals surface area (Å²) in [5, 5.41) is 12.0. The minimum atomic E-state index is -1.04. The molecule has 1 amide bonds. The maximum atomic E-state index is 12.6. The van der Waals surface area contributed by atoms with E-state index < -0.39 is 16.6 Å². The van der Waals surface area contributed by atoms with Crippen LogP contribution in [0.15, 0.2) is 23.1 Å². The second-order valence-corrected chi connectivity index (χ2v) is 9.42. The molecule has 0 unspecified atom stereocenters. The average molecular weight is 397 g/mol. The van der Waals surface area contributed by atoms with E-state index in [1.165, 1.54) is 10.6 Å². The van der Waals surface area contributed by atoms with E-state index in [0.29, 0.717) is 24.5 Å². The first-order valence-corrected chi connectivity index (χ1v) is 9.98. The Hall–Kier alpha value is -1.53. The number of carbonyl (C=O) groups is 1. The number of amides is 1. The SMILES string of the molecule is CC(C)(C)OC(=O)N1CC[C@@](O)(Cn2ccc(Cl)cc2=O)C2(CCCC2)C1. The van der Waals surface area contributed by atoms with Crippen molar-refractivity contribution in [2.75, 3.05) is 13.1 Å². The normalized spacial score (nSPS) is 25.0. The summed E-state index contributed by atoms with van der Waals surface area (Å²) in [5.41, 5.74) is -2.23. The minimum Gasteiger partial charge on any atom is -0.444 e. The van der Waals surface area contributed by atoms with Gasteiger partial charge in [0.05, 0.1) is 12.1 Å². The second kappa shape index (κ2) is 7.13. The molecule has 1 aromatic heterocycles. The number of rotatable bonds is 2. The lowest BCUT2D eigenvalue weighted by atomic mass is 9.66. The van der Waals surface area contributed by atoms with Gasteiger partial charge >= 0.3 is 6.09 Å². The molecule has 27 heavy (non-hydrogen) atoms. The first-order chi connectivity index (χ1) is 12.5. The van der Waals surface area contributed by atoms with Crippen LogP contribution in [0.3, 0.4) is 0 Å². The van der Waals surface area contributed by atoms with Gasteiger partial charge in [-0.25, -0.2) is 4.79 Å². The number of nitrogens with zero attached hydrogens (tertiary/aromatic N) is 2. The highest BCUT2D eigenvalue weighted by molar-refractivity contribution is 6.30. The lowest BCUT2D eigenvalue weighted by Crippen LogP contribution is -2.62. The molecule has 1 spiro atoms. The number of pyridine rings is 1. The molecule has 1 aliphatic carbocycles. The smallest absolute Gasteiger partial charge is 0.410 e. The number of aromatic nitrogens is 1. The minimum absolute atomic E-state index is 0.213. The van der Waals surface area contributed by atoms with Crippen molar-refractivity contribution in [3.63, 3.8) is 0 Å². The Morgan fingerprint density at radius 3 is 2.56 bits per heavy atom. The highest BCUT2D eigenvalue weighted by atomic mass is 35.5. The molecule has 2 fully saturated rings. The zero-order valence-corrected chi connectivity index (χ0v) is 17.1. The quantitative estimate of drug-likeness (QED) is 0.831. The fraction of sp³-hybridized carbons (Fsp3) is 0.700. The number of hydrogen-bond acceptors (Lipinski definition) is 4. The molecule has 150 valence electrons. The van der Waals surface area contributed by atoms with Crippen molar-refractivity contribution < 1.29 is 14.6 Å². The molecule has 3 rings (SSSR count). The highest BCUT2D eigenvalue weighted by Crippen LogP contribution is 2.51. The van der Waals surface area contributed by atoms with Gasteiger partial charge in [0.15, 0.2) is 0 Å². The molecule has 2 heterocycles. The van der Waals surface area contributed by atoms with Gasteiger partial charge in [-0.2, -0.15) is 0 Å². The van der Waals surface area contributed by atoms with E-state index in [0.717, 1.165) is 25.7 Å². The van der Waals surface area contributed by atoms with E-state index in [1.54, 1.807) is 17.2 Å². The number of piperidine rings is 1. The molecule has 1 saturated heterocycles. The predicted octanol–water partition coefficient (Wildman–Crippen LogP) is 3.43. The fourth-order valence-corrected chi connectivity index (χ4v) is 4.63. The Morgan fingerprint density at radius 1 is 1.30 bits per heavy atom. The van der Waals surface area contributed by atoms with E-state index in [9.17, 15) is 14.7 Å². The van der Waals surface area contributed by atoms with Crippen LogP contribution in [-0.2, 0) is 11.3 Å². The molecule has 1 aromatic rings. The summed E-state index contributed by atoms with van der Waals surface area (Å²) in [4.78, 5) is 26.6. The Bertz CT molecular complexity index is 764. The van der Waals surface area contributed by atoms with E-state index in [1.807, 2.05) is 20.8 Å². The lowest BCUT2D eigenvalue weighted by Gasteiger charge is -2.52. The Kier molecular flexibility index (Phi) is 5.34. The fourth-order valence-electron chi connectivity index (χ4n) is 4.48. The first kappa shape index (κ1) is 20.2. The number of ether oxygens (including phenoxy) is 1. The Balaban J connectivity index is 1.84. The summed E-state index contributed by atoms with van der Waals surface area (Å²) in [6.45, 7) is 6.64. The van der Waals surface area contributed by atoms with Crippen molar-refractivity contribution in [1.82, 2.24) is 9.47 Å². The van der Waals surface area contributed by atoms with Crippen LogP contribution < -0.4 is 5.56 Å². The van der Waals surface area contributed by atoms with E-state index >= 15 is 0 Å². The molecular formula is C20H29ClN2O4. The van der Waals surface area contributed by atoms with Gasteiger partial charge in [0.1, 0.15) is 5.60 Å². The molecule has 1 saturated carbocycles. The zero-order chi connectivity index (χ0) is 19.9. The Morgan fingerprint density at radius 2 is 1.96 bits per heavy atom. The number of likely N-dealkylation sites (tertiary alicyclic amines) is 1. The van der Waals surface area contributed by atoms with Gasteiger partial charge in [-0.15, -0.1) is 0 Å². The van der Waals surface area contributed by atoms with Crippen molar-refractivity contribution in [1.29, 1.82) is 0 Å². The molecule has 1 atom stereocenters. The Labute approximate surface area is 165 Å². The third-order valence-electron chi connectivity index (χ3n) is 5.88. The van der Waals surface area contributed by atoms with Crippen LogP contribution in [-0.4, -0.2) is 45.0 Å². The maximum Gasteiger partial charge on any atom is 0.410 e. The predicted molar refractivity (Wildman–Crippen MR) is 104 cm³/mol. The molecule has 6 nitrogen and oxygen atoms in total. The van der Waals surface area contributed by atoms with Crippen molar-refractivity contribution in [2.45, 2.75) is 70.6 Å². The zero-order valence-electron chi connectivity index (χ0n) is 16.3. The van der Waals surface area contributed by atoms with Crippen LogP contribution in [0, 0.1) is 5.41 Å². The van der Waals surface area contributed by atoms with Crippen LogP contribution >= 0.6 is 11.6 Å². The van der Waals surface area contributed by atoms with Crippen LogP contribution in [0.2, 0.25) is 5.02 Å². The van der Waals surface area contributed by atoms with Crippen LogP contribution in [0.1, 0.15) is 52.9 Å². The van der Waals surface area contributed by atoms with E-state index in [2.05, 4.69) is 0 Å². The van der Waals surface area contributed by atoms with Gasteiger partial charge in [-0.1, -0.05) is 24.4 Å². The van der Waals surface area contributed by atoms with Gasteiger partial charge in [-0.3, -0.25) is 4.79 Å². The summed E-state index contributed by atoms with van der Waals surface area (Å²) in [7, 11) is 0. The van der Waals surface area contributed by atoms with Crippen molar-refractivity contribution in [3.05, 3.63) is 33.7 Å². The van der Waals surface area contributed by atoms with Crippen LogP contribution in [0.5, 0.6) is 0 Å². The average Bonchev–Trinajstić information content (AvgIpc) is 3.01. The molecule has 1 N–H and O–H groups in total. The third-order valence-corrected chi connectivity index (χ3v) is 6.11. The molecule has 0 radical (unpaired) electrons. The number of halogens is 1. The molecule has 1 aliphatic heterocycles. The van der Waals surface area contributed by atoms with Crippen molar-refractivity contribution >= 4 is 17.7 Å². The number of carbonyl (C=O) groups excluding carboxylic acids is 1. The maximum absolute atomic E-state index is 12.6. The molecule has 0 aromatic carbocycles. The monoisotopic (exact) mass is 396 g/mol. The third kappa shape index (κ3) is 4.16. The molecule has 2 aliphatic rings. The topological polar surface area (TPSA) is 71.8 Å². The molecule has 7 heteroatoms. The standard InChI is InChI=1S/C20H29ClN2O4/c1-18(2,3)27-17(25)23-11-9-20(26,19(13-23)7-4-5-8-19)14-22-10-6-15(21)12-16(22)24/h6,10,12,26H,4-5,7-9,11,13-14H2,1-3H3/t20-/m1/s1.